The van der Waals surface area contributed by atoms with E-state index in [1.807, 2.05) is 26.8 Å². The summed E-state index contributed by atoms with van der Waals surface area (Å²) in [7, 11) is -4.15. The molecule has 40 heavy (non-hydrogen) atoms. The van der Waals surface area contributed by atoms with E-state index in [-0.39, 0.29) is 17.3 Å². The molecule has 0 aliphatic heterocycles. The molecule has 0 aliphatic carbocycles. The molecule has 0 heterocycles. The molecule has 7 nitrogen and oxygen atoms in total. The van der Waals surface area contributed by atoms with E-state index in [2.05, 4.69) is 5.32 Å². The smallest absolute Gasteiger partial charge is 0.264 e. The minimum absolute atomic E-state index is 0.0570. The van der Waals surface area contributed by atoms with Crippen LogP contribution in [0.15, 0.2) is 65.6 Å². The van der Waals surface area contributed by atoms with Crippen molar-refractivity contribution in [3.63, 3.8) is 0 Å². The molecule has 1 atom stereocenters. The van der Waals surface area contributed by atoms with E-state index in [1.54, 1.807) is 56.3 Å². The number of sulfonamides is 1. The molecule has 0 fully saturated rings. The first-order valence-corrected chi connectivity index (χ1v) is 15.3. The highest BCUT2D eigenvalue weighted by Crippen LogP contribution is 2.29. The Balaban J connectivity index is 2.13. The fourth-order valence-corrected chi connectivity index (χ4v) is 6.44. The second kappa shape index (κ2) is 13.5. The summed E-state index contributed by atoms with van der Waals surface area (Å²) in [6.07, 6.45) is 0.300. The van der Waals surface area contributed by atoms with E-state index < -0.39 is 28.5 Å². The maximum atomic E-state index is 14.1. The zero-order valence-corrected chi connectivity index (χ0v) is 25.7. The predicted octanol–water partition coefficient (Wildman–Crippen LogP) is 6.06. The van der Waals surface area contributed by atoms with Crippen molar-refractivity contribution in [1.82, 2.24) is 10.2 Å². The molecule has 0 aromatic heterocycles. The second-order valence-corrected chi connectivity index (χ2v) is 12.4. The van der Waals surface area contributed by atoms with Gasteiger partial charge in [0.15, 0.2) is 0 Å². The number of carbonyl (C=O) groups is 2. The first-order valence-electron chi connectivity index (χ1n) is 13.1. The van der Waals surface area contributed by atoms with Crippen molar-refractivity contribution in [2.75, 3.05) is 17.4 Å². The van der Waals surface area contributed by atoms with E-state index in [4.69, 9.17) is 23.2 Å². The van der Waals surface area contributed by atoms with E-state index in [0.717, 1.165) is 21.0 Å². The van der Waals surface area contributed by atoms with Gasteiger partial charge in [-0.05, 0) is 81.6 Å². The van der Waals surface area contributed by atoms with Gasteiger partial charge in [0.25, 0.3) is 10.0 Å². The lowest BCUT2D eigenvalue weighted by Crippen LogP contribution is -2.52. The van der Waals surface area contributed by atoms with Gasteiger partial charge in [-0.2, -0.15) is 0 Å². The third-order valence-electron chi connectivity index (χ3n) is 6.51. The number of hydrogen-bond donors (Lipinski definition) is 1. The van der Waals surface area contributed by atoms with Crippen LogP contribution in [0.1, 0.15) is 42.5 Å². The highest BCUT2D eigenvalue weighted by Gasteiger charge is 2.34. The number of anilines is 1. The molecule has 10 heteroatoms. The van der Waals surface area contributed by atoms with Gasteiger partial charge in [-0.3, -0.25) is 13.9 Å². The summed E-state index contributed by atoms with van der Waals surface area (Å²) in [5, 5.41) is 3.46. The van der Waals surface area contributed by atoms with Crippen LogP contribution in [0.2, 0.25) is 10.0 Å². The molecule has 0 bridgehead atoms. The highest BCUT2D eigenvalue weighted by atomic mass is 35.5. The number of aryl methyl sites for hydroxylation is 3. The Morgan fingerprint density at radius 1 is 0.875 bits per heavy atom. The number of amides is 2. The van der Waals surface area contributed by atoms with Crippen LogP contribution in [0.3, 0.4) is 0 Å². The Labute approximate surface area is 247 Å². The monoisotopic (exact) mass is 603 g/mol. The van der Waals surface area contributed by atoms with Gasteiger partial charge in [0, 0.05) is 28.7 Å². The number of halogens is 2. The van der Waals surface area contributed by atoms with Crippen molar-refractivity contribution in [2.45, 2.75) is 58.5 Å². The van der Waals surface area contributed by atoms with Crippen LogP contribution >= 0.6 is 23.2 Å². The van der Waals surface area contributed by atoms with Crippen LogP contribution in [0, 0.1) is 20.8 Å². The van der Waals surface area contributed by atoms with Crippen molar-refractivity contribution in [3.05, 3.63) is 93.0 Å². The summed E-state index contributed by atoms with van der Waals surface area (Å²) in [6.45, 7) is 8.95. The van der Waals surface area contributed by atoms with E-state index in [0.29, 0.717) is 34.3 Å². The molecule has 0 radical (unpaired) electrons. The molecule has 214 valence electrons. The molecular formula is C30H35Cl2N3O4S. The fraction of sp³-hybridized carbons (Fsp3) is 0.333. The maximum Gasteiger partial charge on any atom is 0.264 e. The average Bonchev–Trinajstić information content (AvgIpc) is 2.88. The molecule has 1 unspecified atom stereocenters. The number of carbonyl (C=O) groups excluding carboxylic acids is 2. The molecule has 0 saturated carbocycles. The zero-order valence-electron chi connectivity index (χ0n) is 23.4. The Hall–Kier alpha value is -3.07. The van der Waals surface area contributed by atoms with Crippen LogP contribution in [-0.2, 0) is 26.2 Å². The number of benzene rings is 3. The van der Waals surface area contributed by atoms with Gasteiger partial charge >= 0.3 is 0 Å². The fourth-order valence-electron chi connectivity index (χ4n) is 4.53. The SMILES string of the molecule is CCNC(=O)C(CC)N(Cc1c(Cl)cccc1Cl)C(=O)CN(c1cc(C)cc(C)c1)S(=O)(=O)c1ccc(C)cc1. The molecule has 3 aromatic rings. The number of hydrogen-bond acceptors (Lipinski definition) is 4. The Morgan fingerprint density at radius 2 is 1.45 bits per heavy atom. The number of nitrogens with one attached hydrogen (secondary N) is 1. The van der Waals surface area contributed by atoms with Gasteiger partial charge in [0.05, 0.1) is 10.6 Å². The summed E-state index contributed by atoms with van der Waals surface area (Å²) in [4.78, 5) is 28.6. The van der Waals surface area contributed by atoms with Crippen molar-refractivity contribution in [1.29, 1.82) is 0 Å². The number of rotatable bonds is 11. The van der Waals surface area contributed by atoms with Crippen LogP contribution in [-0.4, -0.2) is 44.3 Å². The molecule has 0 saturated heterocycles. The highest BCUT2D eigenvalue weighted by molar-refractivity contribution is 7.92. The third kappa shape index (κ3) is 7.36. The van der Waals surface area contributed by atoms with Gasteiger partial charge in [-0.25, -0.2) is 8.42 Å². The molecule has 3 rings (SSSR count). The quantitative estimate of drug-likeness (QED) is 0.289. The maximum absolute atomic E-state index is 14.1. The largest absolute Gasteiger partial charge is 0.355 e. The summed E-state index contributed by atoms with van der Waals surface area (Å²) < 4.78 is 29.1. The zero-order chi connectivity index (χ0) is 29.6. The van der Waals surface area contributed by atoms with Crippen molar-refractivity contribution in [3.8, 4) is 0 Å². The predicted molar refractivity (Wildman–Crippen MR) is 161 cm³/mol. The topological polar surface area (TPSA) is 86.8 Å². The Morgan fingerprint density at radius 3 is 1.98 bits per heavy atom. The van der Waals surface area contributed by atoms with Crippen molar-refractivity contribution >= 4 is 50.7 Å². The minimum atomic E-state index is -4.15. The van der Waals surface area contributed by atoms with E-state index in [9.17, 15) is 18.0 Å². The molecule has 1 N–H and O–H groups in total. The van der Waals surface area contributed by atoms with Crippen molar-refractivity contribution in [2.24, 2.45) is 0 Å². The Kier molecular flexibility index (Phi) is 10.6. The van der Waals surface area contributed by atoms with E-state index >= 15 is 0 Å². The molecule has 0 spiro atoms. The number of likely N-dealkylation sites (N-methyl/N-ethyl adjacent to an activating group) is 1. The van der Waals surface area contributed by atoms with Crippen LogP contribution in [0.4, 0.5) is 5.69 Å². The minimum Gasteiger partial charge on any atom is -0.355 e. The standard InChI is InChI=1S/C30H35Cl2N3O4S/c1-6-28(30(37)33-7-2)34(18-25-26(31)9-8-10-27(25)32)29(36)19-35(23-16-21(4)15-22(5)17-23)40(38,39)24-13-11-20(3)12-14-24/h8-17,28H,6-7,18-19H2,1-5H3,(H,33,37). The normalized spacial score (nSPS) is 12.1. The van der Waals surface area contributed by atoms with Crippen LogP contribution in [0.25, 0.3) is 0 Å². The van der Waals surface area contributed by atoms with Crippen molar-refractivity contribution < 1.29 is 18.0 Å². The third-order valence-corrected chi connectivity index (χ3v) is 9.01. The Bertz CT molecular complexity index is 1440. The molecule has 0 aliphatic rings. The number of nitrogens with zero attached hydrogens (tertiary/aromatic N) is 2. The summed E-state index contributed by atoms with van der Waals surface area (Å²) in [6, 6.07) is 16.0. The summed E-state index contributed by atoms with van der Waals surface area (Å²) in [5.74, 6) is -0.912. The van der Waals surface area contributed by atoms with Gasteiger partial charge in [0.1, 0.15) is 12.6 Å². The van der Waals surface area contributed by atoms with Gasteiger partial charge in [-0.1, -0.05) is 60.0 Å². The molecule has 3 aromatic carbocycles. The summed E-state index contributed by atoms with van der Waals surface area (Å²) >= 11 is 12.9. The lowest BCUT2D eigenvalue weighted by molar-refractivity contribution is -0.140. The van der Waals surface area contributed by atoms with Crippen LogP contribution < -0.4 is 9.62 Å². The molecule has 2 amide bonds. The van der Waals surface area contributed by atoms with E-state index in [1.165, 1.54) is 17.0 Å². The van der Waals surface area contributed by atoms with Gasteiger partial charge < -0.3 is 10.2 Å². The van der Waals surface area contributed by atoms with Crippen LogP contribution in [0.5, 0.6) is 0 Å². The second-order valence-electron chi connectivity index (χ2n) is 9.71. The van der Waals surface area contributed by atoms with Gasteiger partial charge in [0.2, 0.25) is 11.8 Å². The first-order chi connectivity index (χ1) is 18.9. The summed E-state index contributed by atoms with van der Waals surface area (Å²) in [5.41, 5.74) is 3.43. The molecular weight excluding hydrogens is 569 g/mol. The first kappa shape index (κ1) is 31.5. The lowest BCUT2D eigenvalue weighted by Gasteiger charge is -2.33. The average molecular weight is 605 g/mol. The van der Waals surface area contributed by atoms with Gasteiger partial charge in [-0.15, -0.1) is 0 Å². The lowest BCUT2D eigenvalue weighted by atomic mass is 10.1.